The predicted octanol–water partition coefficient (Wildman–Crippen LogP) is 2.48. The van der Waals surface area contributed by atoms with Crippen LogP contribution in [0.3, 0.4) is 0 Å². The van der Waals surface area contributed by atoms with Crippen molar-refractivity contribution >= 4 is 34.3 Å². The van der Waals surface area contributed by atoms with E-state index in [1.54, 1.807) is 4.90 Å². The maximum atomic E-state index is 14.7. The molecule has 0 spiro atoms. The molecule has 2 fully saturated rings. The molecule has 2 aliphatic rings. The Kier molecular flexibility index (Phi) is 4.68. The summed E-state index contributed by atoms with van der Waals surface area (Å²) in [7, 11) is 0.0949. The minimum absolute atomic E-state index is 0.0131. The first-order valence-electron chi connectivity index (χ1n) is 9.89. The lowest BCUT2D eigenvalue weighted by Crippen LogP contribution is -2.54. The lowest BCUT2D eigenvalue weighted by molar-refractivity contribution is -0.137. The first-order chi connectivity index (χ1) is 13.9. The number of hydrogen-bond donors (Lipinski definition) is 1. The molecule has 9 heteroatoms. The van der Waals surface area contributed by atoms with Crippen molar-refractivity contribution in [3.8, 4) is 0 Å². The van der Waals surface area contributed by atoms with Crippen LogP contribution in [0.4, 0.5) is 8.78 Å². The third kappa shape index (κ3) is 3.14. The largest absolute Gasteiger partial charge is 0.348 e. The molecule has 1 aromatic heterocycles. The second-order valence-electron chi connectivity index (χ2n) is 7.19. The summed E-state index contributed by atoms with van der Waals surface area (Å²) in [5.41, 5.74) is -0.00812. The zero-order chi connectivity index (χ0) is 20.7. The van der Waals surface area contributed by atoms with Gasteiger partial charge in [-0.15, -0.1) is 0 Å². The summed E-state index contributed by atoms with van der Waals surface area (Å²) in [6, 6.07) is 2.19. The molecule has 0 aliphatic carbocycles. The van der Waals surface area contributed by atoms with E-state index in [-0.39, 0.29) is 53.7 Å². The van der Waals surface area contributed by atoms with Gasteiger partial charge in [0.25, 0.3) is 5.91 Å². The quantitative estimate of drug-likeness (QED) is 0.826. The zero-order valence-electron chi connectivity index (χ0n) is 16.2. The molecular weight excluding hydrogens is 390 g/mol. The van der Waals surface area contributed by atoms with Crippen LogP contribution in [0.15, 0.2) is 12.1 Å². The number of amides is 2. The highest BCUT2D eigenvalue weighted by Gasteiger charge is 2.34. The minimum atomic E-state index is -0.870. The molecule has 3 heterocycles. The van der Waals surface area contributed by atoms with E-state index in [4.69, 9.17) is 13.0 Å². The fraction of sp³-hybridized carbons (Fsp3) is 0.474. The predicted molar refractivity (Wildman–Crippen MR) is 101 cm³/mol. The van der Waals surface area contributed by atoms with E-state index in [0.717, 1.165) is 25.5 Å². The van der Waals surface area contributed by atoms with Crippen LogP contribution in [0.5, 0.6) is 0 Å². The summed E-state index contributed by atoms with van der Waals surface area (Å²) in [4.78, 5) is 33.3. The van der Waals surface area contributed by atoms with Gasteiger partial charge >= 0.3 is 0 Å². The van der Waals surface area contributed by atoms with Gasteiger partial charge in [0.05, 0.1) is 22.0 Å². The van der Waals surface area contributed by atoms with Crippen LogP contribution in [0.1, 0.15) is 24.7 Å². The van der Waals surface area contributed by atoms with Crippen molar-refractivity contribution in [2.24, 2.45) is 0 Å². The van der Waals surface area contributed by atoms with Gasteiger partial charge in [-0.05, 0) is 38.5 Å². The molecule has 1 aromatic carbocycles. The second kappa shape index (κ2) is 7.33. The molecule has 0 unspecified atom stereocenters. The Bertz CT molecular complexity index is 961. The average Bonchev–Trinajstić information content (AvgIpc) is 3.34. The number of piperazine rings is 1. The Morgan fingerprint density at radius 3 is 2.61 bits per heavy atom. The number of aromatic amines is 1. The number of rotatable bonds is 2. The van der Waals surface area contributed by atoms with Crippen LogP contribution < -0.4 is 0 Å². The van der Waals surface area contributed by atoms with Crippen molar-refractivity contribution in [1.82, 2.24) is 19.7 Å². The van der Waals surface area contributed by atoms with Gasteiger partial charge in [-0.3, -0.25) is 14.5 Å². The molecule has 28 heavy (non-hydrogen) atoms. The van der Waals surface area contributed by atoms with Crippen LogP contribution in [-0.2, 0) is 4.79 Å². The van der Waals surface area contributed by atoms with Crippen molar-refractivity contribution < 1.29 is 19.7 Å². The number of likely N-dealkylation sites (N-methyl/N-ethyl adjacent to an activating group) is 1. The first-order valence-corrected chi connectivity index (χ1v) is 9.56. The van der Waals surface area contributed by atoms with Crippen LogP contribution in [0.2, 0.25) is 5.02 Å². The number of aromatic nitrogens is 1. The van der Waals surface area contributed by atoms with Crippen molar-refractivity contribution in [2.75, 3.05) is 39.7 Å². The highest BCUT2D eigenvalue weighted by Crippen LogP contribution is 2.31. The molecular formula is C19H21ClF2N4O2. The molecule has 0 saturated carbocycles. The van der Waals surface area contributed by atoms with E-state index in [9.17, 15) is 18.4 Å². The molecule has 2 aromatic rings. The van der Waals surface area contributed by atoms with Gasteiger partial charge in [0.15, 0.2) is 5.82 Å². The van der Waals surface area contributed by atoms with Crippen LogP contribution in [-0.4, -0.2) is 77.3 Å². The van der Waals surface area contributed by atoms with Crippen molar-refractivity contribution in [3.05, 3.63) is 34.5 Å². The summed E-state index contributed by atoms with van der Waals surface area (Å²) in [6.07, 6.45) is 1.64. The molecule has 4 rings (SSSR count). The minimum Gasteiger partial charge on any atom is -0.348 e. The fourth-order valence-electron chi connectivity index (χ4n) is 3.94. The number of benzene rings is 1. The molecule has 0 bridgehead atoms. The Hall–Kier alpha value is -2.19. The number of hydrogen-bond acceptors (Lipinski definition) is 3. The third-order valence-electron chi connectivity index (χ3n) is 5.53. The van der Waals surface area contributed by atoms with Gasteiger partial charge in [-0.2, -0.15) is 0 Å². The number of likely N-dealkylation sites (tertiary alicyclic amines) is 1. The molecule has 150 valence electrons. The topological polar surface area (TPSA) is 59.7 Å². The average molecular weight is 412 g/mol. The zero-order valence-corrected chi connectivity index (χ0v) is 15.9. The third-order valence-corrected chi connectivity index (χ3v) is 5.90. The van der Waals surface area contributed by atoms with E-state index in [0.29, 0.717) is 13.1 Å². The highest BCUT2D eigenvalue weighted by molar-refractivity contribution is 6.35. The van der Waals surface area contributed by atoms with E-state index >= 15 is 0 Å². The SMILES string of the molecule is [2H]CN1CCC[C@H]1C(=O)N1CCN(C(=O)c2[nH]c3ccc(F)c(Cl)c3c2F)CC1. The van der Waals surface area contributed by atoms with Crippen molar-refractivity contribution in [3.63, 3.8) is 0 Å². The Labute approximate surface area is 167 Å². The van der Waals surface area contributed by atoms with E-state index in [2.05, 4.69) is 4.98 Å². The monoisotopic (exact) mass is 411 g/mol. The standard InChI is InChI=1S/C19H21ClF2N4O2/c1-24-6-2-3-13(24)18(27)25-7-9-26(10-8-25)19(28)17-16(22)14-12(23-17)5-4-11(21)15(14)20/h4-5,13,23H,2-3,6-10H2,1H3/t13-/m0/s1/i1D. The normalized spacial score (nSPS) is 21.4. The van der Waals surface area contributed by atoms with Crippen LogP contribution in [0.25, 0.3) is 10.9 Å². The number of nitrogens with one attached hydrogen (secondary N) is 1. The van der Waals surface area contributed by atoms with Gasteiger partial charge in [-0.1, -0.05) is 11.6 Å². The maximum absolute atomic E-state index is 14.7. The van der Waals surface area contributed by atoms with Crippen molar-refractivity contribution in [2.45, 2.75) is 18.9 Å². The number of H-pyrrole nitrogens is 1. The Balaban J connectivity index is 1.46. The Morgan fingerprint density at radius 1 is 1.18 bits per heavy atom. The molecule has 1 atom stereocenters. The second-order valence-corrected chi connectivity index (χ2v) is 7.56. The van der Waals surface area contributed by atoms with Gasteiger partial charge < -0.3 is 14.8 Å². The number of nitrogens with zero attached hydrogens (tertiary/aromatic N) is 3. The summed E-state index contributed by atoms with van der Waals surface area (Å²) in [5, 5.41) is -0.498. The number of halogens is 3. The van der Waals surface area contributed by atoms with Crippen LogP contribution >= 0.6 is 11.6 Å². The van der Waals surface area contributed by atoms with E-state index in [1.165, 1.54) is 11.0 Å². The van der Waals surface area contributed by atoms with Gasteiger partial charge in [-0.25, -0.2) is 8.78 Å². The fourth-order valence-corrected chi connectivity index (χ4v) is 4.18. The molecule has 2 aliphatic heterocycles. The number of fused-ring (bicyclic) bond motifs is 1. The summed E-state index contributed by atoms with van der Waals surface area (Å²) >= 11 is 5.85. The molecule has 2 saturated heterocycles. The summed E-state index contributed by atoms with van der Waals surface area (Å²) in [6.45, 7) is 2.00. The van der Waals surface area contributed by atoms with Gasteiger partial charge in [0, 0.05) is 27.5 Å². The molecule has 0 radical (unpaired) electrons. The smallest absolute Gasteiger partial charge is 0.273 e. The summed E-state index contributed by atoms with van der Waals surface area (Å²) < 4.78 is 35.9. The number of carbonyl (C=O) groups is 2. The van der Waals surface area contributed by atoms with Gasteiger partial charge in [0.1, 0.15) is 11.5 Å². The summed E-state index contributed by atoms with van der Waals surface area (Å²) in [5.74, 6) is -2.18. The van der Waals surface area contributed by atoms with E-state index < -0.39 is 17.5 Å². The lowest BCUT2D eigenvalue weighted by Gasteiger charge is -2.36. The first kappa shape index (κ1) is 17.9. The molecule has 1 N–H and O–H groups in total. The van der Waals surface area contributed by atoms with Gasteiger partial charge in [0.2, 0.25) is 5.91 Å². The van der Waals surface area contributed by atoms with E-state index in [1.807, 2.05) is 4.90 Å². The lowest BCUT2D eigenvalue weighted by atomic mass is 10.1. The van der Waals surface area contributed by atoms with Crippen LogP contribution in [0, 0.1) is 11.6 Å². The molecule has 6 nitrogen and oxygen atoms in total. The Morgan fingerprint density at radius 2 is 1.89 bits per heavy atom. The maximum Gasteiger partial charge on any atom is 0.273 e. The van der Waals surface area contributed by atoms with Crippen molar-refractivity contribution in [1.29, 1.82) is 0 Å². The molecule has 2 amide bonds. The highest BCUT2D eigenvalue weighted by atomic mass is 35.5. The number of carbonyl (C=O) groups excluding carboxylic acids is 2.